The number of aromatic nitrogens is 1. The molecule has 0 fully saturated rings. The lowest BCUT2D eigenvalue weighted by molar-refractivity contribution is 0.461. The molecule has 2 aromatic rings. The molecular weight excluding hydrogens is 198 g/mol. The third-order valence-corrected chi connectivity index (χ3v) is 3.18. The van der Waals surface area contributed by atoms with Crippen molar-refractivity contribution in [3.05, 3.63) is 46.9 Å². The molecule has 0 saturated carbocycles. The van der Waals surface area contributed by atoms with Gasteiger partial charge in [-0.25, -0.2) is 0 Å². The first-order valence-corrected chi connectivity index (χ1v) is 5.87. The van der Waals surface area contributed by atoms with E-state index in [-0.39, 0.29) is 5.56 Å². The first-order chi connectivity index (χ1) is 7.77. The van der Waals surface area contributed by atoms with Crippen molar-refractivity contribution in [2.45, 2.75) is 32.7 Å². The summed E-state index contributed by atoms with van der Waals surface area (Å²) >= 11 is 0. The number of hydrogen-bond donors (Lipinski definition) is 0. The minimum atomic E-state index is 0.131. The van der Waals surface area contributed by atoms with Gasteiger partial charge in [0.05, 0.1) is 0 Å². The third-order valence-electron chi connectivity index (χ3n) is 3.18. The van der Waals surface area contributed by atoms with Crippen LogP contribution in [0.5, 0.6) is 0 Å². The Hall–Kier alpha value is -1.57. The summed E-state index contributed by atoms with van der Waals surface area (Å²) in [6.45, 7) is 4.24. The van der Waals surface area contributed by atoms with Gasteiger partial charge in [0.1, 0.15) is 0 Å². The molecule has 0 aliphatic rings. The van der Waals surface area contributed by atoms with Gasteiger partial charge in [-0.2, -0.15) is 0 Å². The highest BCUT2D eigenvalue weighted by Crippen LogP contribution is 2.15. The largest absolute Gasteiger partial charge is 0.312 e. The molecule has 2 rings (SSSR count). The van der Waals surface area contributed by atoms with Crippen molar-refractivity contribution in [2.75, 3.05) is 0 Å². The van der Waals surface area contributed by atoms with Crippen LogP contribution in [0.15, 0.2) is 41.3 Å². The average Bonchev–Trinajstić information content (AvgIpc) is 2.34. The molecule has 0 unspecified atom stereocenters. The van der Waals surface area contributed by atoms with E-state index in [1.165, 1.54) is 0 Å². The summed E-state index contributed by atoms with van der Waals surface area (Å²) in [5, 5.41) is 1.84. The van der Waals surface area contributed by atoms with Crippen LogP contribution in [0.1, 0.15) is 32.7 Å². The Labute approximate surface area is 95.5 Å². The van der Waals surface area contributed by atoms with E-state index in [1.54, 1.807) is 0 Å². The molecule has 0 aliphatic carbocycles. The number of rotatable bonds is 3. The van der Waals surface area contributed by atoms with Crippen LogP contribution in [-0.2, 0) is 0 Å². The molecule has 1 aromatic carbocycles. The number of nitrogens with zero attached hydrogens (tertiary/aromatic N) is 1. The van der Waals surface area contributed by atoms with E-state index in [0.29, 0.717) is 6.04 Å². The summed E-state index contributed by atoms with van der Waals surface area (Å²) in [5.74, 6) is 0. The summed E-state index contributed by atoms with van der Waals surface area (Å²) in [6, 6.07) is 10.1. The average molecular weight is 215 g/mol. The first kappa shape index (κ1) is 10.9. The molecule has 0 aliphatic heterocycles. The molecule has 0 amide bonds. The Bertz CT molecular complexity index is 538. The van der Waals surface area contributed by atoms with Gasteiger partial charge in [-0.05, 0) is 30.4 Å². The Balaban J connectivity index is 2.65. The van der Waals surface area contributed by atoms with Gasteiger partial charge in [0.2, 0.25) is 0 Å². The molecule has 0 atom stereocenters. The first-order valence-electron chi connectivity index (χ1n) is 5.87. The van der Waals surface area contributed by atoms with Gasteiger partial charge in [-0.15, -0.1) is 0 Å². The second-order valence-electron chi connectivity index (χ2n) is 4.09. The summed E-state index contributed by atoms with van der Waals surface area (Å²) in [5.41, 5.74) is 0.131. The fourth-order valence-corrected chi connectivity index (χ4v) is 2.17. The third kappa shape index (κ3) is 1.75. The molecule has 1 aromatic heterocycles. The second kappa shape index (κ2) is 4.52. The highest BCUT2D eigenvalue weighted by molar-refractivity contribution is 5.81. The maximum atomic E-state index is 12.3. The molecule has 0 N–H and O–H groups in total. The zero-order valence-electron chi connectivity index (χ0n) is 9.81. The van der Waals surface area contributed by atoms with E-state index in [0.717, 1.165) is 23.6 Å². The van der Waals surface area contributed by atoms with Crippen LogP contribution in [0.3, 0.4) is 0 Å². The van der Waals surface area contributed by atoms with Crippen molar-refractivity contribution >= 4 is 10.8 Å². The molecular formula is C14H17NO. The van der Waals surface area contributed by atoms with Crippen molar-refractivity contribution < 1.29 is 0 Å². The van der Waals surface area contributed by atoms with Crippen LogP contribution in [0.4, 0.5) is 0 Å². The molecule has 0 radical (unpaired) electrons. The van der Waals surface area contributed by atoms with Crippen LogP contribution < -0.4 is 5.56 Å². The van der Waals surface area contributed by atoms with Gasteiger partial charge in [0, 0.05) is 17.6 Å². The summed E-state index contributed by atoms with van der Waals surface area (Å²) in [4.78, 5) is 12.3. The molecule has 1 heterocycles. The molecule has 16 heavy (non-hydrogen) atoms. The fourth-order valence-electron chi connectivity index (χ4n) is 2.17. The van der Waals surface area contributed by atoms with Crippen LogP contribution in [0, 0.1) is 0 Å². The predicted octanol–water partition coefficient (Wildman–Crippen LogP) is 3.36. The molecule has 0 spiro atoms. The van der Waals surface area contributed by atoms with E-state index in [9.17, 15) is 4.79 Å². The van der Waals surface area contributed by atoms with Crippen LogP contribution in [0.2, 0.25) is 0 Å². The Morgan fingerprint density at radius 3 is 2.50 bits per heavy atom. The normalized spacial score (nSPS) is 11.2. The molecule has 0 bridgehead atoms. The zero-order chi connectivity index (χ0) is 11.5. The van der Waals surface area contributed by atoms with E-state index < -0.39 is 0 Å². The van der Waals surface area contributed by atoms with Crippen molar-refractivity contribution in [2.24, 2.45) is 0 Å². The van der Waals surface area contributed by atoms with Crippen molar-refractivity contribution in [1.82, 2.24) is 4.57 Å². The smallest absolute Gasteiger partial charge is 0.258 e. The Kier molecular flexibility index (Phi) is 3.09. The van der Waals surface area contributed by atoms with Gasteiger partial charge in [-0.3, -0.25) is 4.79 Å². The maximum Gasteiger partial charge on any atom is 0.258 e. The lowest BCUT2D eigenvalue weighted by Crippen LogP contribution is -2.23. The van der Waals surface area contributed by atoms with Crippen molar-refractivity contribution in [1.29, 1.82) is 0 Å². The number of pyridine rings is 1. The monoisotopic (exact) mass is 215 g/mol. The molecule has 2 nitrogen and oxygen atoms in total. The summed E-state index contributed by atoms with van der Waals surface area (Å²) in [7, 11) is 0. The van der Waals surface area contributed by atoms with E-state index in [4.69, 9.17) is 0 Å². The lowest BCUT2D eigenvalue weighted by atomic mass is 10.1. The fraction of sp³-hybridized carbons (Fsp3) is 0.357. The van der Waals surface area contributed by atoms with Gasteiger partial charge < -0.3 is 4.57 Å². The van der Waals surface area contributed by atoms with Crippen LogP contribution in [0.25, 0.3) is 10.8 Å². The van der Waals surface area contributed by atoms with Crippen LogP contribution >= 0.6 is 0 Å². The highest BCUT2D eigenvalue weighted by Gasteiger charge is 2.09. The van der Waals surface area contributed by atoms with Gasteiger partial charge in [-0.1, -0.05) is 32.0 Å². The predicted molar refractivity (Wildman–Crippen MR) is 67.8 cm³/mol. The standard InChI is InChI=1S/C14H17NO/c1-3-12(4-2)15-10-9-11-7-5-6-8-13(11)14(15)16/h5-10,12H,3-4H2,1-2H3. The molecule has 2 heteroatoms. The van der Waals surface area contributed by atoms with Crippen molar-refractivity contribution in [3.63, 3.8) is 0 Å². The second-order valence-corrected chi connectivity index (χ2v) is 4.09. The minimum Gasteiger partial charge on any atom is -0.312 e. The number of benzene rings is 1. The summed E-state index contributed by atoms with van der Waals surface area (Å²) in [6.07, 6.45) is 3.91. The van der Waals surface area contributed by atoms with Gasteiger partial charge in [0.25, 0.3) is 5.56 Å². The van der Waals surface area contributed by atoms with E-state index in [1.807, 2.05) is 41.1 Å². The number of hydrogen-bond acceptors (Lipinski definition) is 1. The van der Waals surface area contributed by atoms with Gasteiger partial charge >= 0.3 is 0 Å². The Morgan fingerprint density at radius 2 is 1.81 bits per heavy atom. The molecule has 0 saturated heterocycles. The minimum absolute atomic E-state index is 0.131. The topological polar surface area (TPSA) is 22.0 Å². The van der Waals surface area contributed by atoms with E-state index >= 15 is 0 Å². The molecule has 84 valence electrons. The quantitative estimate of drug-likeness (QED) is 0.769. The van der Waals surface area contributed by atoms with Crippen LogP contribution in [-0.4, -0.2) is 4.57 Å². The van der Waals surface area contributed by atoms with E-state index in [2.05, 4.69) is 13.8 Å². The maximum absolute atomic E-state index is 12.3. The summed E-state index contributed by atoms with van der Waals surface area (Å²) < 4.78 is 1.86. The van der Waals surface area contributed by atoms with Crippen molar-refractivity contribution in [3.8, 4) is 0 Å². The zero-order valence-corrected chi connectivity index (χ0v) is 9.81. The van der Waals surface area contributed by atoms with Gasteiger partial charge in [0.15, 0.2) is 0 Å². The lowest BCUT2D eigenvalue weighted by Gasteiger charge is -2.16. The number of fused-ring (bicyclic) bond motifs is 1. The Morgan fingerprint density at radius 1 is 1.12 bits per heavy atom. The highest BCUT2D eigenvalue weighted by atomic mass is 16.1. The SMILES string of the molecule is CCC(CC)n1ccc2ccccc2c1=O.